The second kappa shape index (κ2) is 12.2. The average Bonchev–Trinajstić information content (AvgIpc) is 2.95. The number of rotatable bonds is 3. The normalized spacial score (nSPS) is 24.1. The monoisotopic (exact) mass is 545 g/mol. The van der Waals surface area contributed by atoms with Gasteiger partial charge in [-0.05, 0) is 81.1 Å². The lowest BCUT2D eigenvalue weighted by atomic mass is 9.90. The standard InChI is InChI=1S/C31H39N5O4/c1-20-7-6-9-28(36-16-13-22(18-29(36)37)27-8-4-5-15-35(27)2)26-17-21(12-14-32-26)24-11-10-23(33-31(39)40-3)19-25(24)34-30(20)38/h10-12,14,17-20,27-28H,4-9,13,15-16H2,1-3H3,(H,33,39)(H,34,38). The molecule has 212 valence electrons. The largest absolute Gasteiger partial charge is 0.453 e. The predicted octanol–water partition coefficient (Wildman–Crippen LogP) is 5.37. The third kappa shape index (κ3) is 6.04. The maximum absolute atomic E-state index is 13.6. The number of methoxy groups -OCH3 is 1. The van der Waals surface area contributed by atoms with E-state index in [4.69, 9.17) is 9.72 Å². The first-order chi connectivity index (χ1) is 19.3. The number of hydrogen-bond donors (Lipinski definition) is 2. The summed E-state index contributed by atoms with van der Waals surface area (Å²) in [7, 11) is 3.47. The van der Waals surface area contributed by atoms with E-state index in [1.165, 1.54) is 25.5 Å². The van der Waals surface area contributed by atoms with E-state index in [0.717, 1.165) is 49.0 Å². The Kier molecular flexibility index (Phi) is 8.49. The summed E-state index contributed by atoms with van der Waals surface area (Å²) in [5.74, 6) is -0.253. The smallest absolute Gasteiger partial charge is 0.411 e. The molecular formula is C31H39N5O4. The molecule has 0 saturated carbocycles. The quantitative estimate of drug-likeness (QED) is 0.538. The van der Waals surface area contributed by atoms with E-state index >= 15 is 0 Å². The molecule has 0 aliphatic carbocycles. The molecule has 3 atom stereocenters. The summed E-state index contributed by atoms with van der Waals surface area (Å²) >= 11 is 0. The van der Waals surface area contributed by atoms with Gasteiger partial charge < -0.3 is 15.0 Å². The van der Waals surface area contributed by atoms with Crippen molar-refractivity contribution in [1.82, 2.24) is 14.8 Å². The van der Waals surface area contributed by atoms with Crippen molar-refractivity contribution < 1.29 is 19.1 Å². The number of hydrogen-bond acceptors (Lipinski definition) is 6. The van der Waals surface area contributed by atoms with Gasteiger partial charge in [0.05, 0.1) is 24.5 Å². The summed E-state index contributed by atoms with van der Waals surface area (Å²) in [4.78, 5) is 47.6. The van der Waals surface area contributed by atoms with E-state index in [0.29, 0.717) is 30.4 Å². The number of benzene rings is 1. The molecule has 3 amide bonds. The highest BCUT2D eigenvalue weighted by molar-refractivity contribution is 5.98. The van der Waals surface area contributed by atoms with Gasteiger partial charge in [0, 0.05) is 42.0 Å². The molecule has 2 aromatic rings. The number of likely N-dealkylation sites (tertiary alicyclic amines) is 1. The number of carbonyl (C=O) groups excluding carboxylic acids is 3. The summed E-state index contributed by atoms with van der Waals surface area (Å²) < 4.78 is 4.72. The van der Waals surface area contributed by atoms with Crippen LogP contribution >= 0.6 is 0 Å². The molecule has 2 N–H and O–H groups in total. The van der Waals surface area contributed by atoms with Crippen molar-refractivity contribution in [2.45, 2.75) is 64.0 Å². The van der Waals surface area contributed by atoms with Crippen molar-refractivity contribution in [2.24, 2.45) is 5.92 Å². The number of aromatic nitrogens is 1. The number of carbonyl (C=O) groups is 3. The van der Waals surface area contributed by atoms with E-state index in [1.807, 2.05) is 36.1 Å². The molecule has 3 unspecified atom stereocenters. The number of likely N-dealkylation sites (N-methyl/N-ethyl adjacent to an activating group) is 1. The van der Waals surface area contributed by atoms with Crippen LogP contribution in [0.2, 0.25) is 0 Å². The van der Waals surface area contributed by atoms with Gasteiger partial charge >= 0.3 is 6.09 Å². The minimum atomic E-state index is -0.583. The Hall–Kier alpha value is -3.72. The van der Waals surface area contributed by atoms with Crippen LogP contribution in [0.4, 0.5) is 16.2 Å². The van der Waals surface area contributed by atoms with Crippen molar-refractivity contribution in [2.75, 3.05) is 37.9 Å². The van der Waals surface area contributed by atoms with Gasteiger partial charge in [0.15, 0.2) is 0 Å². The van der Waals surface area contributed by atoms with Gasteiger partial charge in [-0.2, -0.15) is 0 Å². The van der Waals surface area contributed by atoms with Crippen LogP contribution in [0.15, 0.2) is 48.2 Å². The zero-order valence-electron chi connectivity index (χ0n) is 23.6. The third-order valence-electron chi connectivity index (χ3n) is 8.51. The molecule has 4 heterocycles. The molecule has 0 spiro atoms. The SMILES string of the molecule is COC(=O)Nc1ccc2c(c1)NC(=O)C(C)CCCC(N1CCC(C3CCCCN3C)=CC1=O)c1cc-2ccn1. The molecule has 9 nitrogen and oxygen atoms in total. The highest BCUT2D eigenvalue weighted by atomic mass is 16.5. The molecule has 1 aromatic carbocycles. The van der Waals surface area contributed by atoms with E-state index in [1.54, 1.807) is 18.3 Å². The van der Waals surface area contributed by atoms with Crippen molar-refractivity contribution in [3.8, 4) is 11.1 Å². The van der Waals surface area contributed by atoms with Crippen LogP contribution in [0.3, 0.4) is 0 Å². The fraction of sp³-hybridized carbons (Fsp3) is 0.484. The first kappa shape index (κ1) is 27.8. The minimum Gasteiger partial charge on any atom is -0.453 e. The number of fused-ring (bicyclic) bond motifs is 4. The van der Waals surface area contributed by atoms with Gasteiger partial charge in [0.25, 0.3) is 0 Å². The van der Waals surface area contributed by atoms with E-state index in [-0.39, 0.29) is 23.8 Å². The second-order valence-electron chi connectivity index (χ2n) is 11.2. The summed E-state index contributed by atoms with van der Waals surface area (Å²) in [5.41, 5.74) is 4.90. The molecule has 5 rings (SSSR count). The zero-order valence-corrected chi connectivity index (χ0v) is 23.6. The summed E-state index contributed by atoms with van der Waals surface area (Å²) in [6, 6.07) is 9.49. The first-order valence-electron chi connectivity index (χ1n) is 14.3. The van der Waals surface area contributed by atoms with Crippen molar-refractivity contribution in [3.05, 3.63) is 53.9 Å². The summed E-state index contributed by atoms with van der Waals surface area (Å²) in [6.45, 7) is 3.67. The number of piperidine rings is 1. The van der Waals surface area contributed by atoms with E-state index in [9.17, 15) is 14.4 Å². The Balaban J connectivity index is 1.48. The molecular weight excluding hydrogens is 506 g/mol. The van der Waals surface area contributed by atoms with Crippen LogP contribution in [0.25, 0.3) is 11.1 Å². The van der Waals surface area contributed by atoms with Crippen LogP contribution in [0.1, 0.15) is 63.6 Å². The maximum Gasteiger partial charge on any atom is 0.411 e. The molecule has 2 bridgehead atoms. The van der Waals surface area contributed by atoms with Crippen molar-refractivity contribution in [1.29, 1.82) is 0 Å². The Morgan fingerprint density at radius 1 is 1.05 bits per heavy atom. The average molecular weight is 546 g/mol. The number of amides is 3. The lowest BCUT2D eigenvalue weighted by molar-refractivity contribution is -0.129. The number of anilines is 2. The lowest BCUT2D eigenvalue weighted by Crippen LogP contribution is -2.43. The number of nitrogens with zero attached hydrogens (tertiary/aromatic N) is 3. The van der Waals surface area contributed by atoms with E-state index in [2.05, 4.69) is 22.6 Å². The van der Waals surface area contributed by atoms with Crippen LogP contribution in [-0.4, -0.2) is 66.0 Å². The molecule has 40 heavy (non-hydrogen) atoms. The van der Waals surface area contributed by atoms with Gasteiger partial charge in [0.1, 0.15) is 0 Å². The molecule has 1 fully saturated rings. The Bertz CT molecular complexity index is 1310. The van der Waals surface area contributed by atoms with Gasteiger partial charge in [-0.3, -0.25) is 24.8 Å². The molecule has 3 aliphatic heterocycles. The Morgan fingerprint density at radius 3 is 2.65 bits per heavy atom. The molecule has 1 saturated heterocycles. The van der Waals surface area contributed by atoms with Crippen LogP contribution < -0.4 is 10.6 Å². The second-order valence-corrected chi connectivity index (χ2v) is 11.2. The molecule has 0 radical (unpaired) electrons. The van der Waals surface area contributed by atoms with Gasteiger partial charge in [-0.15, -0.1) is 0 Å². The summed E-state index contributed by atoms with van der Waals surface area (Å²) in [5, 5.41) is 5.73. The Morgan fingerprint density at radius 2 is 1.88 bits per heavy atom. The fourth-order valence-corrected chi connectivity index (χ4v) is 6.20. The van der Waals surface area contributed by atoms with E-state index < -0.39 is 6.09 Å². The zero-order chi connectivity index (χ0) is 28.2. The van der Waals surface area contributed by atoms with Crippen LogP contribution in [-0.2, 0) is 14.3 Å². The Labute approximate surface area is 236 Å². The predicted molar refractivity (Wildman–Crippen MR) is 155 cm³/mol. The van der Waals surface area contributed by atoms with Crippen molar-refractivity contribution in [3.63, 3.8) is 0 Å². The fourth-order valence-electron chi connectivity index (χ4n) is 6.20. The molecule has 3 aliphatic rings. The highest BCUT2D eigenvalue weighted by Gasteiger charge is 2.32. The highest BCUT2D eigenvalue weighted by Crippen LogP contribution is 2.37. The van der Waals surface area contributed by atoms with Gasteiger partial charge in [-0.25, -0.2) is 4.79 Å². The number of ether oxygens (including phenoxy) is 1. The van der Waals surface area contributed by atoms with Crippen LogP contribution in [0.5, 0.6) is 0 Å². The summed E-state index contributed by atoms with van der Waals surface area (Å²) in [6.07, 6.45) is 9.67. The van der Waals surface area contributed by atoms with Crippen molar-refractivity contribution >= 4 is 29.3 Å². The maximum atomic E-state index is 13.6. The number of nitrogens with one attached hydrogen (secondary N) is 2. The van der Waals surface area contributed by atoms with Gasteiger partial charge in [-0.1, -0.05) is 25.8 Å². The third-order valence-corrected chi connectivity index (χ3v) is 8.51. The lowest BCUT2D eigenvalue weighted by Gasteiger charge is -2.39. The molecule has 1 aromatic heterocycles. The first-order valence-corrected chi connectivity index (χ1v) is 14.3. The topological polar surface area (TPSA) is 104 Å². The minimum absolute atomic E-state index is 0.0502. The van der Waals surface area contributed by atoms with Crippen LogP contribution in [0, 0.1) is 5.92 Å². The van der Waals surface area contributed by atoms with Gasteiger partial charge in [0.2, 0.25) is 11.8 Å². The molecule has 9 heteroatoms. The number of pyridine rings is 1.